The molecule has 6 nitrogen and oxygen atoms in total. The van der Waals surface area contributed by atoms with Gasteiger partial charge in [-0.1, -0.05) is 49.7 Å². The number of aliphatic hydroxyl groups is 1. The van der Waals surface area contributed by atoms with Gasteiger partial charge in [0, 0.05) is 23.0 Å². The van der Waals surface area contributed by atoms with Gasteiger partial charge in [-0.05, 0) is 17.7 Å². The van der Waals surface area contributed by atoms with Crippen LogP contribution in [0.5, 0.6) is 0 Å². The molecule has 2 amide bonds. The first-order valence-corrected chi connectivity index (χ1v) is 7.59. The van der Waals surface area contributed by atoms with E-state index >= 15 is 0 Å². The first-order valence-electron chi connectivity index (χ1n) is 7.21. The van der Waals surface area contributed by atoms with Crippen molar-refractivity contribution < 1.29 is 14.4 Å². The van der Waals surface area contributed by atoms with Crippen molar-refractivity contribution in [3.8, 4) is 0 Å². The van der Waals surface area contributed by atoms with Crippen LogP contribution in [0, 0.1) is 0 Å². The molecule has 0 fully saturated rings. The molecular formula is C16H20ClN3O3. The Morgan fingerprint density at radius 3 is 2.57 bits per heavy atom. The number of amides is 2. The van der Waals surface area contributed by atoms with Crippen molar-refractivity contribution in [3.63, 3.8) is 0 Å². The summed E-state index contributed by atoms with van der Waals surface area (Å²) in [6.07, 6.45) is -0.819. The second-order valence-electron chi connectivity index (χ2n) is 6.23. The molecule has 0 saturated carbocycles. The number of hydrogen-bond donors (Lipinski definition) is 3. The van der Waals surface area contributed by atoms with Crippen LogP contribution in [-0.4, -0.2) is 22.8 Å². The summed E-state index contributed by atoms with van der Waals surface area (Å²) in [4.78, 5) is 11.8. The number of anilines is 1. The van der Waals surface area contributed by atoms with E-state index in [1.807, 2.05) is 20.8 Å². The summed E-state index contributed by atoms with van der Waals surface area (Å²) in [7, 11) is 0. The number of nitrogens with one attached hydrogen (secondary N) is 2. The SMILES string of the molecule is CC(C)(C)c1cc(NC(=O)NCC(O)c2ccc(Cl)cc2)no1. The van der Waals surface area contributed by atoms with E-state index in [9.17, 15) is 9.90 Å². The molecule has 0 spiro atoms. The fourth-order valence-electron chi connectivity index (χ4n) is 1.84. The van der Waals surface area contributed by atoms with Gasteiger partial charge in [-0.25, -0.2) is 4.79 Å². The van der Waals surface area contributed by atoms with Gasteiger partial charge in [0.05, 0.1) is 6.10 Å². The van der Waals surface area contributed by atoms with E-state index in [1.54, 1.807) is 30.3 Å². The van der Waals surface area contributed by atoms with Crippen LogP contribution < -0.4 is 10.6 Å². The summed E-state index contributed by atoms with van der Waals surface area (Å²) < 4.78 is 5.18. The molecule has 1 atom stereocenters. The van der Waals surface area contributed by atoms with Crippen molar-refractivity contribution in [1.82, 2.24) is 10.5 Å². The van der Waals surface area contributed by atoms with Gasteiger partial charge in [0.1, 0.15) is 5.76 Å². The number of hydrogen-bond acceptors (Lipinski definition) is 4. The van der Waals surface area contributed by atoms with E-state index in [-0.39, 0.29) is 12.0 Å². The largest absolute Gasteiger partial charge is 0.387 e. The van der Waals surface area contributed by atoms with Gasteiger partial charge in [0.15, 0.2) is 5.82 Å². The zero-order chi connectivity index (χ0) is 17.0. The van der Waals surface area contributed by atoms with Crippen LogP contribution in [0.2, 0.25) is 5.02 Å². The summed E-state index contributed by atoms with van der Waals surface area (Å²) in [5.74, 6) is 1.00. The Balaban J connectivity index is 1.85. The molecule has 0 radical (unpaired) electrons. The molecule has 2 aromatic rings. The molecule has 3 N–H and O–H groups in total. The van der Waals surface area contributed by atoms with Gasteiger partial charge in [-0.3, -0.25) is 5.32 Å². The van der Waals surface area contributed by atoms with Crippen LogP contribution in [0.25, 0.3) is 0 Å². The van der Waals surface area contributed by atoms with Crippen molar-refractivity contribution >= 4 is 23.4 Å². The third-order valence-electron chi connectivity index (χ3n) is 3.20. The highest BCUT2D eigenvalue weighted by Gasteiger charge is 2.20. The van der Waals surface area contributed by atoms with E-state index in [0.29, 0.717) is 22.2 Å². The van der Waals surface area contributed by atoms with Gasteiger partial charge >= 0.3 is 6.03 Å². The normalized spacial score (nSPS) is 12.7. The van der Waals surface area contributed by atoms with Crippen LogP contribution in [-0.2, 0) is 5.41 Å². The lowest BCUT2D eigenvalue weighted by molar-refractivity contribution is 0.175. The fourth-order valence-corrected chi connectivity index (χ4v) is 1.97. The number of carbonyl (C=O) groups is 1. The van der Waals surface area contributed by atoms with E-state index < -0.39 is 12.1 Å². The molecule has 124 valence electrons. The Bertz CT molecular complexity index is 662. The van der Waals surface area contributed by atoms with Crippen LogP contribution in [0.4, 0.5) is 10.6 Å². The van der Waals surface area contributed by atoms with Gasteiger partial charge in [0.2, 0.25) is 0 Å². The summed E-state index contributed by atoms with van der Waals surface area (Å²) in [5.41, 5.74) is 0.486. The third-order valence-corrected chi connectivity index (χ3v) is 3.45. The van der Waals surface area contributed by atoms with Crippen LogP contribution in [0.15, 0.2) is 34.9 Å². The Labute approximate surface area is 139 Å². The van der Waals surface area contributed by atoms with Crippen LogP contribution in [0.3, 0.4) is 0 Å². The van der Waals surface area contributed by atoms with E-state index in [1.165, 1.54) is 0 Å². The lowest BCUT2D eigenvalue weighted by atomic mass is 9.93. The van der Waals surface area contributed by atoms with Crippen molar-refractivity contribution in [3.05, 3.63) is 46.7 Å². The predicted octanol–water partition coefficient (Wildman–Crippen LogP) is 3.48. The molecule has 1 aromatic carbocycles. The monoisotopic (exact) mass is 337 g/mol. The van der Waals surface area contributed by atoms with E-state index in [0.717, 1.165) is 0 Å². The number of urea groups is 1. The first-order chi connectivity index (χ1) is 10.8. The summed E-state index contributed by atoms with van der Waals surface area (Å²) in [6, 6.07) is 7.99. The minimum absolute atomic E-state index is 0.0669. The smallest absolute Gasteiger partial charge is 0.320 e. The quantitative estimate of drug-likeness (QED) is 0.797. The summed E-state index contributed by atoms with van der Waals surface area (Å²) in [5, 5.41) is 19.5. The molecule has 1 aromatic heterocycles. The lowest BCUT2D eigenvalue weighted by Crippen LogP contribution is -2.32. The Morgan fingerprint density at radius 2 is 2.00 bits per heavy atom. The average Bonchev–Trinajstić information content (AvgIpc) is 2.94. The summed E-state index contributed by atoms with van der Waals surface area (Å²) >= 11 is 5.79. The van der Waals surface area contributed by atoms with Crippen molar-refractivity contribution in [1.29, 1.82) is 0 Å². The second-order valence-corrected chi connectivity index (χ2v) is 6.67. The minimum atomic E-state index is -0.819. The molecule has 0 saturated heterocycles. The molecule has 7 heteroatoms. The number of benzene rings is 1. The standard InChI is InChI=1S/C16H20ClN3O3/c1-16(2,3)13-8-14(20-23-13)19-15(22)18-9-12(21)10-4-6-11(17)7-5-10/h4-8,12,21H,9H2,1-3H3,(H2,18,19,20,22). The van der Waals surface area contributed by atoms with E-state index in [2.05, 4.69) is 15.8 Å². The van der Waals surface area contributed by atoms with Crippen LogP contribution >= 0.6 is 11.6 Å². The molecule has 0 aliphatic carbocycles. The molecular weight excluding hydrogens is 318 g/mol. The zero-order valence-electron chi connectivity index (χ0n) is 13.3. The van der Waals surface area contributed by atoms with Gasteiger partial charge < -0.3 is 14.9 Å². The Kier molecular flexibility index (Phi) is 5.28. The average molecular weight is 338 g/mol. The third kappa shape index (κ3) is 4.97. The highest BCUT2D eigenvalue weighted by molar-refractivity contribution is 6.30. The molecule has 1 heterocycles. The fraction of sp³-hybridized carbons (Fsp3) is 0.375. The Hall–Kier alpha value is -2.05. The highest BCUT2D eigenvalue weighted by atomic mass is 35.5. The van der Waals surface area contributed by atoms with Crippen molar-refractivity contribution in [2.75, 3.05) is 11.9 Å². The minimum Gasteiger partial charge on any atom is -0.387 e. The van der Waals surface area contributed by atoms with E-state index in [4.69, 9.17) is 16.1 Å². The maximum atomic E-state index is 11.8. The second kappa shape index (κ2) is 7.02. The van der Waals surface area contributed by atoms with Crippen molar-refractivity contribution in [2.45, 2.75) is 32.3 Å². The molecule has 0 bridgehead atoms. The lowest BCUT2D eigenvalue weighted by Gasteiger charge is -2.12. The molecule has 1 unspecified atom stereocenters. The maximum absolute atomic E-state index is 11.8. The van der Waals surface area contributed by atoms with Gasteiger partial charge in [0.25, 0.3) is 0 Å². The first kappa shape index (κ1) is 17.3. The zero-order valence-corrected chi connectivity index (χ0v) is 14.0. The number of carbonyl (C=O) groups excluding carboxylic acids is 1. The predicted molar refractivity (Wildman–Crippen MR) is 88.6 cm³/mol. The number of aromatic nitrogens is 1. The molecule has 23 heavy (non-hydrogen) atoms. The van der Waals surface area contributed by atoms with Gasteiger partial charge in [-0.15, -0.1) is 0 Å². The molecule has 0 aliphatic heterocycles. The molecule has 2 rings (SSSR count). The maximum Gasteiger partial charge on any atom is 0.320 e. The topological polar surface area (TPSA) is 87.4 Å². The Morgan fingerprint density at radius 1 is 1.35 bits per heavy atom. The summed E-state index contributed by atoms with van der Waals surface area (Å²) in [6.45, 7) is 6.02. The number of aliphatic hydroxyl groups excluding tert-OH is 1. The van der Waals surface area contributed by atoms with Crippen LogP contribution in [0.1, 0.15) is 38.2 Å². The molecule has 0 aliphatic rings. The number of halogens is 1. The highest BCUT2D eigenvalue weighted by Crippen LogP contribution is 2.24. The number of nitrogens with zero attached hydrogens (tertiary/aromatic N) is 1. The van der Waals surface area contributed by atoms with Gasteiger partial charge in [-0.2, -0.15) is 0 Å². The van der Waals surface area contributed by atoms with Crippen molar-refractivity contribution in [2.24, 2.45) is 0 Å². The number of rotatable bonds is 4.